The maximum absolute atomic E-state index is 13.8. The fraction of sp³-hybridized carbons (Fsp3) is 0.481. The first-order valence-electron chi connectivity index (χ1n) is 11.8. The molecule has 0 aliphatic heterocycles. The summed E-state index contributed by atoms with van der Waals surface area (Å²) in [6.07, 6.45) is 1.48. The van der Waals surface area contributed by atoms with Crippen LogP contribution in [0.2, 0.25) is 0 Å². The van der Waals surface area contributed by atoms with Gasteiger partial charge in [-0.3, -0.25) is 13.9 Å². The maximum Gasteiger partial charge on any atom is 0.244 e. The minimum atomic E-state index is -3.76. The zero-order valence-corrected chi connectivity index (χ0v) is 23.0. The van der Waals surface area contributed by atoms with Crippen molar-refractivity contribution in [1.82, 2.24) is 10.2 Å². The highest BCUT2D eigenvalue weighted by Gasteiger charge is 2.33. The molecule has 0 bridgehead atoms. The van der Waals surface area contributed by atoms with E-state index in [4.69, 9.17) is 0 Å². The second-order valence-electron chi connectivity index (χ2n) is 10.2. The number of anilines is 1. The van der Waals surface area contributed by atoms with Crippen LogP contribution < -0.4 is 9.62 Å². The van der Waals surface area contributed by atoms with E-state index < -0.39 is 34.1 Å². The van der Waals surface area contributed by atoms with Crippen molar-refractivity contribution in [3.05, 3.63) is 64.7 Å². The molecule has 8 heteroatoms. The predicted octanol–water partition coefficient (Wildman–Crippen LogP) is 4.10. The average Bonchev–Trinajstić information content (AvgIpc) is 2.72. The number of amides is 2. The van der Waals surface area contributed by atoms with Gasteiger partial charge in [-0.2, -0.15) is 0 Å². The molecule has 0 aromatic heterocycles. The number of hydrogen-bond donors (Lipinski definition) is 1. The fourth-order valence-corrected chi connectivity index (χ4v) is 4.88. The summed E-state index contributed by atoms with van der Waals surface area (Å²) >= 11 is 0. The summed E-state index contributed by atoms with van der Waals surface area (Å²) < 4.78 is 26.7. The monoisotopic (exact) mass is 501 g/mol. The molecule has 0 aliphatic carbocycles. The Balaban J connectivity index is 2.51. The number of aryl methyl sites for hydroxylation is 2. The smallest absolute Gasteiger partial charge is 0.244 e. The van der Waals surface area contributed by atoms with Gasteiger partial charge in [0.15, 0.2) is 0 Å². The first-order valence-corrected chi connectivity index (χ1v) is 13.7. The Morgan fingerprint density at radius 3 is 2.20 bits per heavy atom. The third kappa shape index (κ3) is 7.82. The van der Waals surface area contributed by atoms with Crippen LogP contribution in [0.15, 0.2) is 42.5 Å². The number of nitrogens with one attached hydrogen (secondary N) is 1. The molecular weight excluding hydrogens is 462 g/mol. The molecule has 0 aliphatic rings. The van der Waals surface area contributed by atoms with Gasteiger partial charge in [0.05, 0.1) is 11.9 Å². The Morgan fingerprint density at radius 1 is 1.03 bits per heavy atom. The lowest BCUT2D eigenvalue weighted by Gasteiger charge is -2.35. The minimum absolute atomic E-state index is 0.195. The van der Waals surface area contributed by atoms with Gasteiger partial charge < -0.3 is 10.2 Å². The van der Waals surface area contributed by atoms with Crippen molar-refractivity contribution >= 4 is 27.5 Å². The molecule has 0 saturated carbocycles. The van der Waals surface area contributed by atoms with Gasteiger partial charge in [0, 0.05) is 12.1 Å². The fourth-order valence-electron chi connectivity index (χ4n) is 3.98. The van der Waals surface area contributed by atoms with Crippen molar-refractivity contribution in [2.45, 2.75) is 73.0 Å². The lowest BCUT2D eigenvalue weighted by atomic mass is 10.0. The largest absolute Gasteiger partial charge is 0.350 e. The molecule has 2 aromatic rings. The van der Waals surface area contributed by atoms with Crippen LogP contribution in [0.25, 0.3) is 0 Å². The van der Waals surface area contributed by atoms with Crippen molar-refractivity contribution in [3.63, 3.8) is 0 Å². The Labute approximate surface area is 210 Å². The highest BCUT2D eigenvalue weighted by molar-refractivity contribution is 7.92. The van der Waals surface area contributed by atoms with Gasteiger partial charge in [-0.25, -0.2) is 8.42 Å². The number of benzene rings is 2. The zero-order valence-electron chi connectivity index (χ0n) is 22.2. The van der Waals surface area contributed by atoms with Crippen molar-refractivity contribution in [3.8, 4) is 0 Å². The van der Waals surface area contributed by atoms with Crippen LogP contribution in [0.4, 0.5) is 5.69 Å². The molecule has 2 aromatic carbocycles. The van der Waals surface area contributed by atoms with Crippen LogP contribution in [-0.2, 0) is 26.2 Å². The summed E-state index contributed by atoms with van der Waals surface area (Å²) in [5, 5.41) is 2.97. The standard InChI is InChI=1S/C27H39N3O4S/c1-9-23(26(32)28-27(5,6)7)29(17-22-14-10-12-19(2)16-22)25(31)18-30(35(8,33)34)24-15-11-13-20(3)21(24)4/h10-16,23H,9,17-18H2,1-8H3,(H,28,32)/t23-/m1/s1. The molecule has 2 amide bonds. The van der Waals surface area contributed by atoms with E-state index in [2.05, 4.69) is 5.32 Å². The summed E-state index contributed by atoms with van der Waals surface area (Å²) in [7, 11) is -3.76. The van der Waals surface area contributed by atoms with E-state index >= 15 is 0 Å². The maximum atomic E-state index is 13.8. The topological polar surface area (TPSA) is 86.8 Å². The van der Waals surface area contributed by atoms with Gasteiger partial charge in [-0.15, -0.1) is 0 Å². The number of nitrogens with zero attached hydrogens (tertiary/aromatic N) is 2. The highest BCUT2D eigenvalue weighted by atomic mass is 32.2. The highest BCUT2D eigenvalue weighted by Crippen LogP contribution is 2.26. The lowest BCUT2D eigenvalue weighted by Crippen LogP contribution is -2.55. The van der Waals surface area contributed by atoms with Gasteiger partial charge in [-0.05, 0) is 70.7 Å². The molecule has 0 saturated heterocycles. The van der Waals surface area contributed by atoms with E-state index in [1.807, 2.05) is 78.8 Å². The number of rotatable bonds is 9. The summed E-state index contributed by atoms with van der Waals surface area (Å²) in [5.74, 6) is -0.701. The molecular formula is C27H39N3O4S. The third-order valence-electron chi connectivity index (χ3n) is 5.84. The Kier molecular flexibility index (Phi) is 9.11. The molecule has 0 heterocycles. The summed E-state index contributed by atoms with van der Waals surface area (Å²) in [6.45, 7) is 13.0. The number of hydrogen-bond acceptors (Lipinski definition) is 4. The van der Waals surface area contributed by atoms with E-state index in [0.717, 1.165) is 32.8 Å². The summed E-state index contributed by atoms with van der Waals surface area (Å²) in [5.41, 5.74) is 3.61. The quantitative estimate of drug-likeness (QED) is 0.560. The molecule has 0 unspecified atom stereocenters. The van der Waals surface area contributed by atoms with Crippen LogP contribution in [0.5, 0.6) is 0 Å². The van der Waals surface area contributed by atoms with Crippen LogP contribution >= 0.6 is 0 Å². The van der Waals surface area contributed by atoms with Crippen LogP contribution in [0.3, 0.4) is 0 Å². The normalized spacial score (nSPS) is 12.7. The molecule has 35 heavy (non-hydrogen) atoms. The average molecular weight is 502 g/mol. The van der Waals surface area contributed by atoms with Gasteiger partial charge in [0.25, 0.3) is 0 Å². The van der Waals surface area contributed by atoms with Gasteiger partial charge in [0.2, 0.25) is 21.8 Å². The number of carbonyl (C=O) groups excluding carboxylic acids is 2. The Bertz CT molecular complexity index is 1170. The van der Waals surface area contributed by atoms with Crippen molar-refractivity contribution < 1.29 is 18.0 Å². The van der Waals surface area contributed by atoms with E-state index in [1.54, 1.807) is 12.1 Å². The van der Waals surface area contributed by atoms with Gasteiger partial charge in [-0.1, -0.05) is 48.9 Å². The van der Waals surface area contributed by atoms with Gasteiger partial charge >= 0.3 is 0 Å². The third-order valence-corrected chi connectivity index (χ3v) is 6.97. The summed E-state index contributed by atoms with van der Waals surface area (Å²) in [6, 6.07) is 12.4. The summed E-state index contributed by atoms with van der Waals surface area (Å²) in [4.78, 5) is 28.5. The number of carbonyl (C=O) groups is 2. The SMILES string of the molecule is CC[C@H](C(=O)NC(C)(C)C)N(Cc1cccc(C)c1)C(=O)CN(c1cccc(C)c1C)S(C)(=O)=O. The van der Waals surface area contributed by atoms with Crippen LogP contribution in [0, 0.1) is 20.8 Å². The molecule has 7 nitrogen and oxygen atoms in total. The van der Waals surface area contributed by atoms with Crippen LogP contribution in [0.1, 0.15) is 56.4 Å². The molecule has 2 rings (SSSR count). The van der Waals surface area contributed by atoms with E-state index in [1.165, 1.54) is 4.90 Å². The second-order valence-corrected chi connectivity index (χ2v) is 12.1. The minimum Gasteiger partial charge on any atom is -0.350 e. The Hall–Kier alpha value is -2.87. The molecule has 1 atom stereocenters. The molecule has 192 valence electrons. The predicted molar refractivity (Wildman–Crippen MR) is 142 cm³/mol. The zero-order chi connectivity index (χ0) is 26.6. The second kappa shape index (κ2) is 11.2. The van der Waals surface area contributed by atoms with Crippen molar-refractivity contribution in [2.24, 2.45) is 0 Å². The van der Waals surface area contributed by atoms with Gasteiger partial charge in [0.1, 0.15) is 12.6 Å². The van der Waals surface area contributed by atoms with E-state index in [9.17, 15) is 18.0 Å². The van der Waals surface area contributed by atoms with Crippen molar-refractivity contribution in [1.29, 1.82) is 0 Å². The molecule has 0 spiro atoms. The molecule has 1 N–H and O–H groups in total. The van der Waals surface area contributed by atoms with Crippen LogP contribution in [-0.4, -0.2) is 49.5 Å². The van der Waals surface area contributed by atoms with E-state index in [0.29, 0.717) is 12.1 Å². The molecule has 0 fully saturated rings. The lowest BCUT2D eigenvalue weighted by molar-refractivity contribution is -0.141. The number of sulfonamides is 1. The Morgan fingerprint density at radius 2 is 1.66 bits per heavy atom. The first-order chi connectivity index (χ1) is 16.1. The first kappa shape index (κ1) is 28.4. The van der Waals surface area contributed by atoms with Crippen molar-refractivity contribution in [2.75, 3.05) is 17.1 Å². The molecule has 0 radical (unpaired) electrons. The van der Waals surface area contributed by atoms with E-state index in [-0.39, 0.29) is 12.5 Å².